The number of carbonyl (C=O) groups excluding carboxylic acids is 3. The monoisotopic (exact) mass is 458 g/mol. The summed E-state index contributed by atoms with van der Waals surface area (Å²) in [7, 11) is 0. The van der Waals surface area contributed by atoms with Gasteiger partial charge in [0.05, 0.1) is 18.0 Å². The van der Waals surface area contributed by atoms with Gasteiger partial charge in [0.25, 0.3) is 0 Å². The van der Waals surface area contributed by atoms with E-state index in [4.69, 9.17) is 4.74 Å². The van der Waals surface area contributed by atoms with Crippen LogP contribution in [0.4, 0.5) is 21.9 Å². The summed E-state index contributed by atoms with van der Waals surface area (Å²) in [6.07, 6.45) is 0. The molecule has 34 heavy (non-hydrogen) atoms. The van der Waals surface area contributed by atoms with Gasteiger partial charge < -0.3 is 15.4 Å². The third kappa shape index (κ3) is 5.17. The molecule has 8 heteroatoms. The van der Waals surface area contributed by atoms with Crippen LogP contribution >= 0.6 is 0 Å². The number of carbonyl (C=O) groups is 3. The summed E-state index contributed by atoms with van der Waals surface area (Å²) in [4.78, 5) is 41.4. The molecule has 0 aliphatic carbocycles. The zero-order chi connectivity index (χ0) is 23.9. The predicted octanol–water partition coefficient (Wildman–Crippen LogP) is 3.79. The van der Waals surface area contributed by atoms with Crippen molar-refractivity contribution in [2.75, 3.05) is 34.8 Å². The first-order chi connectivity index (χ1) is 16.6. The highest BCUT2D eigenvalue weighted by Crippen LogP contribution is 2.33. The Balaban J connectivity index is 1.46. The smallest absolute Gasteiger partial charge is 0.326 e. The molecule has 0 saturated carbocycles. The van der Waals surface area contributed by atoms with Crippen LogP contribution < -0.4 is 25.2 Å². The number of para-hydroxylation sites is 4. The summed E-state index contributed by atoms with van der Waals surface area (Å²) in [5.41, 5.74) is 2.55. The van der Waals surface area contributed by atoms with Gasteiger partial charge in [0.15, 0.2) is 0 Å². The highest BCUT2D eigenvalue weighted by Gasteiger charge is 2.33. The molecule has 8 nitrogen and oxygen atoms in total. The van der Waals surface area contributed by atoms with Gasteiger partial charge >= 0.3 is 6.03 Å². The number of nitrogens with zero attached hydrogens (tertiary/aromatic N) is 2. The number of anilines is 3. The van der Waals surface area contributed by atoms with Gasteiger partial charge in [-0.1, -0.05) is 48.5 Å². The van der Waals surface area contributed by atoms with E-state index in [1.165, 1.54) is 9.80 Å². The van der Waals surface area contributed by atoms with E-state index in [1.54, 1.807) is 36.4 Å². The average molecular weight is 459 g/mol. The molecule has 0 radical (unpaired) electrons. The second-order valence-corrected chi connectivity index (χ2v) is 7.67. The predicted molar refractivity (Wildman–Crippen MR) is 131 cm³/mol. The van der Waals surface area contributed by atoms with E-state index in [0.717, 1.165) is 5.56 Å². The molecule has 0 bridgehead atoms. The quantitative estimate of drug-likeness (QED) is 0.564. The van der Waals surface area contributed by atoms with Crippen molar-refractivity contribution in [2.24, 2.45) is 0 Å². The highest BCUT2D eigenvalue weighted by atomic mass is 16.5. The summed E-state index contributed by atoms with van der Waals surface area (Å²) >= 11 is 0. The van der Waals surface area contributed by atoms with Crippen LogP contribution in [0.15, 0.2) is 78.9 Å². The molecule has 0 unspecified atom stereocenters. The number of fused-ring (bicyclic) bond motifs is 1. The van der Waals surface area contributed by atoms with Crippen LogP contribution in [-0.2, 0) is 16.1 Å². The average Bonchev–Trinajstić information content (AvgIpc) is 2.86. The number of urea groups is 1. The Bertz CT molecular complexity index is 1180. The third-order valence-corrected chi connectivity index (χ3v) is 5.38. The molecule has 0 atom stereocenters. The van der Waals surface area contributed by atoms with Crippen LogP contribution in [0, 0.1) is 0 Å². The van der Waals surface area contributed by atoms with E-state index >= 15 is 0 Å². The maximum Gasteiger partial charge on any atom is 0.326 e. The van der Waals surface area contributed by atoms with Crippen molar-refractivity contribution in [1.82, 2.24) is 5.32 Å². The summed E-state index contributed by atoms with van der Waals surface area (Å²) in [5, 5.41) is 5.67. The fourth-order valence-electron chi connectivity index (χ4n) is 3.77. The van der Waals surface area contributed by atoms with E-state index in [0.29, 0.717) is 29.4 Å². The molecule has 0 aromatic heterocycles. The lowest BCUT2D eigenvalue weighted by atomic mass is 10.1. The van der Waals surface area contributed by atoms with Crippen molar-refractivity contribution in [2.45, 2.75) is 13.5 Å². The molecule has 3 aromatic rings. The fraction of sp³-hybridized carbons (Fsp3) is 0.192. The highest BCUT2D eigenvalue weighted by molar-refractivity contribution is 6.15. The minimum absolute atomic E-state index is 0.152. The molecule has 1 heterocycles. The third-order valence-electron chi connectivity index (χ3n) is 5.38. The minimum Gasteiger partial charge on any atom is -0.494 e. The number of ether oxygens (including phenoxy) is 1. The number of amides is 4. The zero-order valence-electron chi connectivity index (χ0n) is 18.9. The van der Waals surface area contributed by atoms with Crippen LogP contribution in [0.2, 0.25) is 0 Å². The van der Waals surface area contributed by atoms with Gasteiger partial charge in [0, 0.05) is 17.8 Å². The standard InChI is InChI=1S/C26H26N4O4/c1-2-34-23-15-9-6-10-19(23)16-27-24(31)17-29-21-13-7-8-14-22(21)30(18-25(29)32)26(33)28-20-11-4-3-5-12-20/h3-15H,2,16-18H2,1H3,(H,27,31)(H,28,33). The van der Waals surface area contributed by atoms with Gasteiger partial charge in [-0.2, -0.15) is 0 Å². The maximum atomic E-state index is 13.0. The molecular weight excluding hydrogens is 432 g/mol. The van der Waals surface area contributed by atoms with Crippen molar-refractivity contribution in [1.29, 1.82) is 0 Å². The molecule has 1 aliphatic heterocycles. The minimum atomic E-state index is -0.413. The SMILES string of the molecule is CCOc1ccccc1CNC(=O)CN1C(=O)CN(C(=O)Nc2ccccc2)c2ccccc21. The largest absolute Gasteiger partial charge is 0.494 e. The van der Waals surface area contributed by atoms with Gasteiger partial charge in [-0.3, -0.25) is 19.4 Å². The second-order valence-electron chi connectivity index (χ2n) is 7.67. The molecule has 0 spiro atoms. The molecule has 174 valence electrons. The van der Waals surface area contributed by atoms with Crippen molar-refractivity contribution in [3.63, 3.8) is 0 Å². The van der Waals surface area contributed by atoms with Crippen LogP contribution in [0.25, 0.3) is 0 Å². The Labute approximate surface area is 198 Å². The molecule has 4 amide bonds. The Morgan fingerprint density at radius 3 is 2.35 bits per heavy atom. The number of hydrogen-bond acceptors (Lipinski definition) is 4. The lowest BCUT2D eigenvalue weighted by molar-refractivity contribution is -0.123. The number of nitrogens with one attached hydrogen (secondary N) is 2. The van der Waals surface area contributed by atoms with Gasteiger partial charge in [-0.05, 0) is 37.3 Å². The number of benzene rings is 3. The Kier molecular flexibility index (Phi) is 7.07. The van der Waals surface area contributed by atoms with Gasteiger partial charge in [-0.25, -0.2) is 4.79 Å². The summed E-state index contributed by atoms with van der Waals surface area (Å²) in [5.74, 6) is 0.0631. The van der Waals surface area contributed by atoms with E-state index < -0.39 is 6.03 Å². The van der Waals surface area contributed by atoms with Crippen molar-refractivity contribution < 1.29 is 19.1 Å². The van der Waals surface area contributed by atoms with E-state index in [-0.39, 0.29) is 31.4 Å². The lowest BCUT2D eigenvalue weighted by Crippen LogP contribution is -2.51. The summed E-state index contributed by atoms with van der Waals surface area (Å²) < 4.78 is 5.60. The number of hydrogen-bond donors (Lipinski definition) is 2. The number of rotatable bonds is 7. The van der Waals surface area contributed by atoms with Crippen LogP contribution in [0.3, 0.4) is 0 Å². The lowest BCUT2D eigenvalue weighted by Gasteiger charge is -2.35. The first-order valence-electron chi connectivity index (χ1n) is 11.1. The zero-order valence-corrected chi connectivity index (χ0v) is 18.9. The van der Waals surface area contributed by atoms with Gasteiger partial charge in [-0.15, -0.1) is 0 Å². The molecule has 2 N–H and O–H groups in total. The normalized spacial score (nSPS) is 12.7. The first-order valence-corrected chi connectivity index (χ1v) is 11.1. The molecule has 0 fully saturated rings. The van der Waals surface area contributed by atoms with Crippen molar-refractivity contribution >= 4 is 34.9 Å². The maximum absolute atomic E-state index is 13.0. The van der Waals surface area contributed by atoms with Crippen molar-refractivity contribution in [3.8, 4) is 5.75 Å². The summed E-state index contributed by atoms with van der Waals surface area (Å²) in [6, 6.07) is 23.2. The van der Waals surface area contributed by atoms with Crippen LogP contribution in [0.1, 0.15) is 12.5 Å². The molecule has 3 aromatic carbocycles. The summed E-state index contributed by atoms with van der Waals surface area (Å²) in [6.45, 7) is 2.39. The second kappa shape index (κ2) is 10.5. The molecule has 0 saturated heterocycles. The topological polar surface area (TPSA) is 91.0 Å². The molecule has 4 rings (SSSR count). The van der Waals surface area contributed by atoms with Crippen LogP contribution in [0.5, 0.6) is 5.75 Å². The van der Waals surface area contributed by atoms with E-state index in [9.17, 15) is 14.4 Å². The van der Waals surface area contributed by atoms with E-state index in [1.807, 2.05) is 49.4 Å². The first kappa shape index (κ1) is 22.8. The van der Waals surface area contributed by atoms with Crippen LogP contribution in [-0.4, -0.2) is 37.5 Å². The van der Waals surface area contributed by atoms with E-state index in [2.05, 4.69) is 10.6 Å². The van der Waals surface area contributed by atoms with Crippen molar-refractivity contribution in [3.05, 3.63) is 84.4 Å². The molecule has 1 aliphatic rings. The van der Waals surface area contributed by atoms with Gasteiger partial charge in [0.2, 0.25) is 11.8 Å². The Morgan fingerprint density at radius 1 is 0.912 bits per heavy atom. The van der Waals surface area contributed by atoms with Gasteiger partial charge in [0.1, 0.15) is 18.8 Å². The fourth-order valence-corrected chi connectivity index (χ4v) is 3.77. The Hall–Kier alpha value is -4.33. The molecular formula is C26H26N4O4. The Morgan fingerprint density at radius 2 is 1.59 bits per heavy atom.